The Morgan fingerprint density at radius 2 is 1.66 bits per heavy atom. The molecule has 29 heavy (non-hydrogen) atoms. The molecule has 0 bridgehead atoms. The summed E-state index contributed by atoms with van der Waals surface area (Å²) < 4.78 is 16.2. The topological polar surface area (TPSA) is 85.1 Å². The van der Waals surface area contributed by atoms with Crippen molar-refractivity contribution in [3.63, 3.8) is 0 Å². The van der Waals surface area contributed by atoms with Crippen molar-refractivity contribution >= 4 is 12.0 Å². The van der Waals surface area contributed by atoms with Crippen molar-refractivity contribution in [1.29, 1.82) is 0 Å². The van der Waals surface area contributed by atoms with E-state index < -0.39 is 0 Å². The molecular formula is C21H27N3O5. The highest BCUT2D eigenvalue weighted by Crippen LogP contribution is 2.22. The largest absolute Gasteiger partial charge is 0.489 e. The lowest BCUT2D eigenvalue weighted by molar-refractivity contribution is 0.0560. The van der Waals surface area contributed by atoms with Gasteiger partial charge in [-0.25, -0.2) is 4.79 Å². The van der Waals surface area contributed by atoms with Crippen LogP contribution < -0.4 is 4.74 Å². The van der Waals surface area contributed by atoms with Gasteiger partial charge in [0.1, 0.15) is 18.1 Å². The summed E-state index contributed by atoms with van der Waals surface area (Å²) >= 11 is 0. The van der Waals surface area contributed by atoms with E-state index in [1.807, 2.05) is 26.0 Å². The SMILES string of the molecule is CCOC(=O)N1CCN(C(=O)c2noc(C)c2COc2cc(C)cc(C)c2)CC1. The maximum absolute atomic E-state index is 13.0. The number of nitrogens with zero attached hydrogens (tertiary/aromatic N) is 3. The molecular weight excluding hydrogens is 374 g/mol. The van der Waals surface area contributed by atoms with Gasteiger partial charge in [-0.3, -0.25) is 4.79 Å². The number of piperazine rings is 1. The summed E-state index contributed by atoms with van der Waals surface area (Å²) in [6.07, 6.45) is -0.348. The molecule has 0 aliphatic carbocycles. The van der Waals surface area contributed by atoms with E-state index in [9.17, 15) is 9.59 Å². The Kier molecular flexibility index (Phi) is 6.41. The van der Waals surface area contributed by atoms with Crippen LogP contribution >= 0.6 is 0 Å². The highest BCUT2D eigenvalue weighted by atomic mass is 16.6. The first-order chi connectivity index (χ1) is 13.9. The van der Waals surface area contributed by atoms with Crippen LogP contribution in [-0.4, -0.2) is 59.7 Å². The van der Waals surface area contributed by atoms with E-state index in [1.165, 1.54) is 0 Å². The lowest BCUT2D eigenvalue weighted by Gasteiger charge is -2.33. The summed E-state index contributed by atoms with van der Waals surface area (Å²) in [5.41, 5.74) is 3.12. The number of benzene rings is 1. The molecule has 2 amide bonds. The van der Waals surface area contributed by atoms with Crippen molar-refractivity contribution in [2.24, 2.45) is 0 Å². The van der Waals surface area contributed by atoms with Crippen LogP contribution in [0.1, 0.15) is 39.9 Å². The lowest BCUT2D eigenvalue weighted by Crippen LogP contribution is -2.51. The zero-order valence-corrected chi connectivity index (χ0v) is 17.4. The third kappa shape index (κ3) is 4.88. The van der Waals surface area contributed by atoms with E-state index in [2.05, 4.69) is 11.2 Å². The number of aromatic nitrogens is 1. The minimum Gasteiger partial charge on any atom is -0.489 e. The fraction of sp³-hybridized carbons (Fsp3) is 0.476. The Balaban J connectivity index is 1.66. The molecule has 2 aromatic rings. The second kappa shape index (κ2) is 8.98. The number of hydrogen-bond acceptors (Lipinski definition) is 6. The smallest absolute Gasteiger partial charge is 0.409 e. The molecule has 1 aromatic carbocycles. The van der Waals surface area contributed by atoms with Gasteiger partial charge < -0.3 is 23.8 Å². The molecule has 1 aromatic heterocycles. The summed E-state index contributed by atoms with van der Waals surface area (Å²) in [6, 6.07) is 5.97. The minimum atomic E-state index is -0.348. The molecule has 1 saturated heterocycles. The van der Waals surface area contributed by atoms with E-state index in [1.54, 1.807) is 23.6 Å². The molecule has 1 aliphatic heterocycles. The van der Waals surface area contributed by atoms with E-state index in [0.29, 0.717) is 44.1 Å². The van der Waals surface area contributed by atoms with Gasteiger partial charge in [0.05, 0.1) is 12.2 Å². The fourth-order valence-corrected chi connectivity index (χ4v) is 3.36. The average molecular weight is 401 g/mol. The van der Waals surface area contributed by atoms with E-state index in [0.717, 1.165) is 16.9 Å². The Hall–Kier alpha value is -3.03. The maximum atomic E-state index is 13.0. The van der Waals surface area contributed by atoms with Crippen molar-refractivity contribution in [3.05, 3.63) is 46.3 Å². The van der Waals surface area contributed by atoms with Crippen molar-refractivity contribution in [3.8, 4) is 5.75 Å². The standard InChI is InChI=1S/C21H27N3O5/c1-5-27-21(26)24-8-6-23(7-9-24)20(25)19-18(16(4)29-22-19)13-28-17-11-14(2)10-15(3)12-17/h10-12H,5-9,13H2,1-4H3. The number of carbonyl (C=O) groups excluding carboxylic acids is 2. The second-order valence-electron chi connectivity index (χ2n) is 7.16. The molecule has 3 rings (SSSR count). The zero-order valence-electron chi connectivity index (χ0n) is 17.4. The molecule has 0 spiro atoms. The predicted octanol–water partition coefficient (Wildman–Crippen LogP) is 3.09. The summed E-state index contributed by atoms with van der Waals surface area (Å²) in [6.45, 7) is 9.77. The lowest BCUT2D eigenvalue weighted by atomic mass is 10.1. The first-order valence-electron chi connectivity index (χ1n) is 9.76. The molecule has 0 atom stereocenters. The summed E-state index contributed by atoms with van der Waals surface area (Å²) in [4.78, 5) is 28.1. The number of carbonyl (C=O) groups is 2. The number of hydrogen-bond donors (Lipinski definition) is 0. The van der Waals surface area contributed by atoms with Gasteiger partial charge in [0, 0.05) is 26.2 Å². The fourth-order valence-electron chi connectivity index (χ4n) is 3.36. The Labute approximate surface area is 170 Å². The molecule has 2 heterocycles. The van der Waals surface area contributed by atoms with Gasteiger partial charge >= 0.3 is 6.09 Å². The molecule has 0 N–H and O–H groups in total. The van der Waals surface area contributed by atoms with Gasteiger partial charge in [0.15, 0.2) is 5.69 Å². The van der Waals surface area contributed by atoms with Gasteiger partial charge in [-0.15, -0.1) is 0 Å². The van der Waals surface area contributed by atoms with Crippen LogP contribution in [0.4, 0.5) is 4.79 Å². The molecule has 1 aliphatic rings. The summed E-state index contributed by atoms with van der Waals surface area (Å²) in [7, 11) is 0. The highest BCUT2D eigenvalue weighted by Gasteiger charge is 2.29. The number of ether oxygens (including phenoxy) is 2. The van der Waals surface area contributed by atoms with Crippen molar-refractivity contribution in [1.82, 2.24) is 15.0 Å². The van der Waals surface area contributed by atoms with Gasteiger partial charge in [-0.2, -0.15) is 0 Å². The third-order valence-corrected chi connectivity index (χ3v) is 4.86. The van der Waals surface area contributed by atoms with Crippen LogP contribution in [0.25, 0.3) is 0 Å². The highest BCUT2D eigenvalue weighted by molar-refractivity contribution is 5.94. The minimum absolute atomic E-state index is 0.197. The molecule has 156 valence electrons. The van der Waals surface area contributed by atoms with Crippen LogP contribution in [0.2, 0.25) is 0 Å². The van der Waals surface area contributed by atoms with Gasteiger partial charge in [0.25, 0.3) is 5.91 Å². The predicted molar refractivity (Wildman–Crippen MR) is 106 cm³/mol. The molecule has 8 heteroatoms. The molecule has 0 saturated carbocycles. The van der Waals surface area contributed by atoms with Crippen LogP contribution in [-0.2, 0) is 11.3 Å². The molecule has 0 radical (unpaired) electrons. The average Bonchev–Trinajstić information content (AvgIpc) is 3.06. The van der Waals surface area contributed by atoms with Crippen molar-refractivity contribution in [2.75, 3.05) is 32.8 Å². The van der Waals surface area contributed by atoms with E-state index in [4.69, 9.17) is 14.0 Å². The van der Waals surface area contributed by atoms with Crippen LogP contribution in [0.5, 0.6) is 5.75 Å². The van der Waals surface area contributed by atoms with E-state index in [-0.39, 0.29) is 24.3 Å². The third-order valence-electron chi connectivity index (χ3n) is 4.86. The van der Waals surface area contributed by atoms with Gasteiger partial charge in [-0.05, 0) is 51.0 Å². The number of rotatable bonds is 5. The Morgan fingerprint density at radius 3 is 2.28 bits per heavy atom. The molecule has 1 fully saturated rings. The molecule has 8 nitrogen and oxygen atoms in total. The van der Waals surface area contributed by atoms with Crippen LogP contribution in [0.3, 0.4) is 0 Å². The first-order valence-corrected chi connectivity index (χ1v) is 9.76. The van der Waals surface area contributed by atoms with E-state index >= 15 is 0 Å². The first kappa shape index (κ1) is 20.7. The summed E-state index contributed by atoms with van der Waals surface area (Å²) in [5.74, 6) is 1.08. The van der Waals surface area contributed by atoms with Gasteiger partial charge in [0.2, 0.25) is 0 Å². The summed E-state index contributed by atoms with van der Waals surface area (Å²) in [5, 5.41) is 3.97. The second-order valence-corrected chi connectivity index (χ2v) is 7.16. The zero-order chi connectivity index (χ0) is 21.0. The van der Waals surface area contributed by atoms with Gasteiger partial charge in [-0.1, -0.05) is 11.2 Å². The number of aryl methyl sites for hydroxylation is 3. The molecule has 0 unspecified atom stereocenters. The van der Waals surface area contributed by atoms with Crippen LogP contribution in [0.15, 0.2) is 22.7 Å². The van der Waals surface area contributed by atoms with Crippen molar-refractivity contribution < 1.29 is 23.6 Å². The monoisotopic (exact) mass is 401 g/mol. The quantitative estimate of drug-likeness (QED) is 0.765. The Morgan fingerprint density at radius 1 is 1.03 bits per heavy atom. The van der Waals surface area contributed by atoms with Crippen LogP contribution in [0, 0.1) is 20.8 Å². The Bertz CT molecular complexity index is 864. The number of amides is 2. The normalized spacial score (nSPS) is 14.1. The maximum Gasteiger partial charge on any atom is 0.409 e. The van der Waals surface area contributed by atoms with Crippen molar-refractivity contribution in [2.45, 2.75) is 34.3 Å².